The summed E-state index contributed by atoms with van der Waals surface area (Å²) in [5.41, 5.74) is 0.364. The number of hydrogen-bond acceptors (Lipinski definition) is 4. The molecule has 7 nitrogen and oxygen atoms in total. The van der Waals surface area contributed by atoms with Crippen molar-refractivity contribution < 1.29 is 41.4 Å². The molecule has 0 saturated heterocycles. The fourth-order valence-electron chi connectivity index (χ4n) is 1.59. The lowest BCUT2D eigenvalue weighted by atomic mass is 10.2. The Morgan fingerprint density at radius 1 is 1.13 bits per heavy atom. The van der Waals surface area contributed by atoms with Crippen molar-refractivity contribution in [3.05, 3.63) is 36.0 Å². The van der Waals surface area contributed by atoms with Crippen molar-refractivity contribution in [1.29, 1.82) is 0 Å². The van der Waals surface area contributed by atoms with Crippen molar-refractivity contribution in [2.75, 3.05) is 6.26 Å². The van der Waals surface area contributed by atoms with E-state index in [2.05, 4.69) is 0 Å². The molecule has 0 saturated carbocycles. The Bertz CT molecular complexity index is 853. The van der Waals surface area contributed by atoms with E-state index in [1.54, 1.807) is 24.3 Å². The van der Waals surface area contributed by atoms with Crippen molar-refractivity contribution in [1.82, 2.24) is 3.97 Å². The fraction of sp³-hybridized carbons (Fsp3) is 0.167. The number of aromatic nitrogens is 1. The number of nitrogens with zero attached hydrogens (tertiary/aromatic N) is 1. The van der Waals surface area contributed by atoms with Gasteiger partial charge in [0.2, 0.25) is 10.0 Å². The molecule has 2 aromatic rings. The Balaban J connectivity index is 0.000000322. The molecule has 0 bridgehead atoms. The average Bonchev–Trinajstić information content (AvgIpc) is 2.77. The fourth-order valence-corrected chi connectivity index (χ4v) is 2.41. The van der Waals surface area contributed by atoms with Gasteiger partial charge in [-0.25, -0.2) is 22.0 Å². The van der Waals surface area contributed by atoms with Gasteiger partial charge >= 0.3 is 18.1 Å². The van der Waals surface area contributed by atoms with E-state index in [0.29, 0.717) is 10.9 Å². The monoisotopic (exact) mass is 353 g/mol. The summed E-state index contributed by atoms with van der Waals surface area (Å²) in [5.74, 6) is -3.90. The number of hydrogen-bond donors (Lipinski definition) is 2. The van der Waals surface area contributed by atoms with Gasteiger partial charge in [0.15, 0.2) is 0 Å². The van der Waals surface area contributed by atoms with Gasteiger partial charge in [0.1, 0.15) is 0 Å². The van der Waals surface area contributed by atoms with E-state index in [4.69, 9.17) is 15.0 Å². The second-order valence-electron chi connectivity index (χ2n) is 4.23. The number of halogens is 3. The normalized spacial score (nSPS) is 11.7. The van der Waals surface area contributed by atoms with Crippen molar-refractivity contribution in [3.63, 3.8) is 0 Å². The van der Waals surface area contributed by atoms with Gasteiger partial charge in [-0.05, 0) is 6.07 Å². The number of carbonyl (C=O) groups is 2. The van der Waals surface area contributed by atoms with Gasteiger partial charge in [-0.3, -0.25) is 0 Å². The predicted molar refractivity (Wildman–Crippen MR) is 72.8 cm³/mol. The topological polar surface area (TPSA) is 114 Å². The van der Waals surface area contributed by atoms with Gasteiger partial charge in [-0.2, -0.15) is 13.2 Å². The number of aliphatic carboxylic acids is 1. The highest BCUT2D eigenvalue weighted by Crippen LogP contribution is 2.22. The lowest BCUT2D eigenvalue weighted by Crippen LogP contribution is -2.21. The second kappa shape index (κ2) is 6.28. The molecule has 11 heteroatoms. The number of fused-ring (bicyclic) bond motifs is 1. The first-order chi connectivity index (χ1) is 10.4. The van der Waals surface area contributed by atoms with Gasteiger partial charge in [0.05, 0.1) is 17.3 Å². The van der Waals surface area contributed by atoms with Crippen LogP contribution < -0.4 is 0 Å². The van der Waals surface area contributed by atoms with E-state index in [-0.39, 0.29) is 5.56 Å². The maximum Gasteiger partial charge on any atom is 0.490 e. The van der Waals surface area contributed by atoms with Gasteiger partial charge in [-0.15, -0.1) is 0 Å². The third-order valence-electron chi connectivity index (χ3n) is 2.51. The molecule has 126 valence electrons. The van der Waals surface area contributed by atoms with E-state index < -0.39 is 28.1 Å². The summed E-state index contributed by atoms with van der Waals surface area (Å²) >= 11 is 0. The average molecular weight is 353 g/mol. The molecule has 1 aromatic heterocycles. The number of carboxylic acid groups (broad SMARTS) is 2. The molecule has 0 spiro atoms. The van der Waals surface area contributed by atoms with E-state index in [1.807, 2.05) is 0 Å². The van der Waals surface area contributed by atoms with Crippen molar-refractivity contribution in [2.45, 2.75) is 6.18 Å². The maximum atomic E-state index is 11.5. The Labute approximate surface area is 127 Å². The molecule has 0 unspecified atom stereocenters. The standard InChI is InChI=1S/C10H9NO4S.C2HF3O2/c1-16(14,15)11-6-8(10(12)13)7-4-2-3-5-9(7)11;3-2(4,5)1(6)7/h2-6H,1H3,(H,12,13);(H,6,7). The summed E-state index contributed by atoms with van der Waals surface area (Å²) in [6.07, 6.45) is -2.92. The Morgan fingerprint density at radius 2 is 1.61 bits per heavy atom. The van der Waals surface area contributed by atoms with E-state index in [9.17, 15) is 26.4 Å². The van der Waals surface area contributed by atoms with E-state index >= 15 is 0 Å². The molecule has 0 aliphatic carbocycles. The summed E-state index contributed by atoms with van der Waals surface area (Å²) in [6, 6.07) is 6.49. The van der Waals surface area contributed by atoms with Gasteiger partial charge in [-0.1, -0.05) is 18.2 Å². The quantitative estimate of drug-likeness (QED) is 0.851. The highest BCUT2D eigenvalue weighted by molar-refractivity contribution is 7.89. The van der Waals surface area contributed by atoms with Crippen LogP contribution in [0.2, 0.25) is 0 Å². The molecule has 0 atom stereocenters. The molecule has 23 heavy (non-hydrogen) atoms. The highest BCUT2D eigenvalue weighted by atomic mass is 32.2. The van der Waals surface area contributed by atoms with Crippen LogP contribution in [0.5, 0.6) is 0 Å². The van der Waals surface area contributed by atoms with Gasteiger partial charge in [0.25, 0.3) is 0 Å². The van der Waals surface area contributed by atoms with Crippen LogP contribution in [-0.2, 0) is 14.8 Å². The van der Waals surface area contributed by atoms with Crippen LogP contribution in [0.3, 0.4) is 0 Å². The SMILES string of the molecule is CS(=O)(=O)n1cc(C(=O)O)c2ccccc21.O=C(O)C(F)(F)F. The molecular weight excluding hydrogens is 343 g/mol. The Kier molecular flexibility index (Phi) is 5.05. The van der Waals surface area contributed by atoms with Crippen LogP contribution in [0.1, 0.15) is 10.4 Å². The highest BCUT2D eigenvalue weighted by Gasteiger charge is 2.38. The van der Waals surface area contributed by atoms with Crippen LogP contribution in [-0.4, -0.2) is 47.0 Å². The lowest BCUT2D eigenvalue weighted by molar-refractivity contribution is -0.192. The summed E-state index contributed by atoms with van der Waals surface area (Å²) in [7, 11) is -3.49. The minimum atomic E-state index is -5.08. The summed E-state index contributed by atoms with van der Waals surface area (Å²) in [5, 5.41) is 16.5. The van der Waals surface area contributed by atoms with E-state index in [0.717, 1.165) is 16.4 Å². The molecule has 1 aromatic carbocycles. The smallest absolute Gasteiger partial charge is 0.478 e. The van der Waals surface area contributed by atoms with Crippen LogP contribution in [0, 0.1) is 0 Å². The first kappa shape index (κ1) is 18.5. The molecule has 1 heterocycles. The lowest BCUT2D eigenvalue weighted by Gasteiger charge is -2.00. The van der Waals surface area contributed by atoms with Crippen LogP contribution >= 0.6 is 0 Å². The predicted octanol–water partition coefficient (Wildman–Crippen LogP) is 1.78. The number of carboxylic acids is 2. The molecule has 0 fully saturated rings. The molecule has 0 radical (unpaired) electrons. The first-order valence-electron chi connectivity index (χ1n) is 5.69. The minimum Gasteiger partial charge on any atom is -0.478 e. The number of benzene rings is 1. The van der Waals surface area contributed by atoms with E-state index in [1.165, 1.54) is 0 Å². The molecule has 0 amide bonds. The third-order valence-corrected chi connectivity index (χ3v) is 3.52. The van der Waals surface area contributed by atoms with Crippen molar-refractivity contribution in [2.24, 2.45) is 0 Å². The van der Waals surface area contributed by atoms with Crippen molar-refractivity contribution >= 4 is 32.9 Å². The summed E-state index contributed by atoms with van der Waals surface area (Å²) in [4.78, 5) is 19.8. The molecule has 0 aliphatic heterocycles. The maximum absolute atomic E-state index is 11.5. The van der Waals surface area contributed by atoms with Gasteiger partial charge in [0, 0.05) is 11.6 Å². The largest absolute Gasteiger partial charge is 0.490 e. The number of alkyl halides is 3. The number of aromatic carboxylic acids is 1. The van der Waals surface area contributed by atoms with Crippen LogP contribution in [0.25, 0.3) is 10.9 Å². The number of para-hydroxylation sites is 1. The minimum absolute atomic E-state index is 0.0129. The zero-order chi connectivity index (χ0) is 18.0. The Morgan fingerprint density at radius 3 is 2.00 bits per heavy atom. The first-order valence-corrected chi connectivity index (χ1v) is 7.54. The zero-order valence-corrected chi connectivity index (χ0v) is 12.2. The number of rotatable bonds is 2. The van der Waals surface area contributed by atoms with Crippen molar-refractivity contribution in [3.8, 4) is 0 Å². The zero-order valence-electron chi connectivity index (χ0n) is 11.4. The molecule has 2 rings (SSSR count). The second-order valence-corrected chi connectivity index (χ2v) is 6.09. The van der Waals surface area contributed by atoms with Gasteiger partial charge < -0.3 is 10.2 Å². The van der Waals surface area contributed by atoms with Crippen LogP contribution in [0.4, 0.5) is 13.2 Å². The van der Waals surface area contributed by atoms with Crippen LogP contribution in [0.15, 0.2) is 30.5 Å². The molecule has 2 N–H and O–H groups in total. The molecule has 0 aliphatic rings. The summed E-state index contributed by atoms with van der Waals surface area (Å²) < 4.78 is 55.6. The molecular formula is C12H10F3NO6S. The third kappa shape index (κ3) is 4.45. The Hall–Kier alpha value is -2.56. The summed E-state index contributed by atoms with van der Waals surface area (Å²) in [6.45, 7) is 0.